The summed E-state index contributed by atoms with van der Waals surface area (Å²) in [5.41, 5.74) is 2.21. The topological polar surface area (TPSA) is 102 Å². The molecule has 1 amide bonds. The summed E-state index contributed by atoms with van der Waals surface area (Å²) in [5.74, 6) is 2.67. The van der Waals surface area contributed by atoms with E-state index in [9.17, 15) is 22.4 Å². The Morgan fingerprint density at radius 3 is 2.44 bits per heavy atom. The van der Waals surface area contributed by atoms with E-state index >= 15 is 4.39 Å². The second kappa shape index (κ2) is 10.3. The number of nitrogens with zero attached hydrogens (tertiary/aromatic N) is 6. The van der Waals surface area contributed by atoms with Crippen LogP contribution in [0.2, 0.25) is 0 Å². The highest BCUT2D eigenvalue weighted by molar-refractivity contribution is 5.78. The Kier molecular flexibility index (Phi) is 7.10. The lowest BCUT2D eigenvalue weighted by Crippen LogP contribution is -2.56. The monoisotopic (exact) mass is 575 g/mol. The molecule has 4 heterocycles. The number of amides is 1. The van der Waals surface area contributed by atoms with Crippen LogP contribution in [0.1, 0.15) is 40.8 Å². The maximum atomic E-state index is 16.3. The molecule has 0 saturated carbocycles. The lowest BCUT2D eigenvalue weighted by Gasteiger charge is -2.39. The highest BCUT2D eigenvalue weighted by Gasteiger charge is 2.41. The quantitative estimate of drug-likeness (QED) is 0.345. The van der Waals surface area contributed by atoms with Crippen LogP contribution in [0.3, 0.4) is 0 Å². The predicted octanol–water partition coefficient (Wildman–Crippen LogP) is 4.06. The Labute approximate surface area is 232 Å². The first kappa shape index (κ1) is 28.3. The third-order valence-corrected chi connectivity index (χ3v) is 7.32. The minimum absolute atomic E-state index is 0.0454. The maximum absolute atomic E-state index is 16.3. The van der Waals surface area contributed by atoms with Crippen LogP contribution in [0.4, 0.5) is 32.6 Å². The fraction of sp³-hybridized carbons (Fsp3) is 0.407. The van der Waals surface area contributed by atoms with E-state index < -0.39 is 46.0 Å². The highest BCUT2D eigenvalue weighted by atomic mass is 19.4. The number of carbonyl (C=O) groups is 1. The molecule has 0 unspecified atom stereocenters. The molecule has 0 radical (unpaired) electrons. The lowest BCUT2D eigenvalue weighted by molar-refractivity contribution is -0.137. The van der Waals surface area contributed by atoms with Crippen molar-refractivity contribution >= 4 is 11.8 Å². The van der Waals surface area contributed by atoms with Crippen molar-refractivity contribution < 1.29 is 31.5 Å². The molecule has 2 aromatic heterocycles. The smallest absolute Gasteiger partial charge is 0.418 e. The Balaban J connectivity index is 1.55. The molecule has 3 aromatic rings. The van der Waals surface area contributed by atoms with Crippen molar-refractivity contribution in [2.24, 2.45) is 0 Å². The van der Waals surface area contributed by atoms with Crippen LogP contribution in [0.25, 0.3) is 11.3 Å². The Morgan fingerprint density at radius 2 is 1.80 bits per heavy atom. The fourth-order valence-electron chi connectivity index (χ4n) is 5.37. The molecule has 9 nitrogen and oxygen atoms in total. The Bertz CT molecular complexity index is 1600. The van der Waals surface area contributed by atoms with Gasteiger partial charge in [0.1, 0.15) is 18.3 Å². The maximum Gasteiger partial charge on any atom is 0.418 e. The van der Waals surface area contributed by atoms with Crippen LogP contribution >= 0.6 is 0 Å². The Hall–Kier alpha value is -4.25. The van der Waals surface area contributed by atoms with Crippen molar-refractivity contribution in [3.8, 4) is 28.8 Å². The summed E-state index contributed by atoms with van der Waals surface area (Å²) in [4.78, 5) is 20.5. The molecule has 0 aliphatic carbocycles. The predicted molar refractivity (Wildman–Crippen MR) is 138 cm³/mol. The van der Waals surface area contributed by atoms with Crippen LogP contribution in [0.15, 0.2) is 6.07 Å². The summed E-state index contributed by atoms with van der Waals surface area (Å²) in [6.07, 6.45) is -5.06. The number of aryl methyl sites for hydroxylation is 2. The van der Waals surface area contributed by atoms with Gasteiger partial charge >= 0.3 is 12.2 Å². The van der Waals surface area contributed by atoms with Gasteiger partial charge in [-0.1, -0.05) is 5.92 Å². The van der Waals surface area contributed by atoms with Gasteiger partial charge in [-0.25, -0.2) is 23.1 Å². The van der Waals surface area contributed by atoms with Gasteiger partial charge < -0.3 is 15.4 Å². The van der Waals surface area contributed by atoms with Crippen molar-refractivity contribution in [3.63, 3.8) is 0 Å². The van der Waals surface area contributed by atoms with Crippen LogP contribution in [-0.2, 0) is 12.7 Å². The molecule has 0 spiro atoms. The van der Waals surface area contributed by atoms with E-state index in [-0.39, 0.29) is 43.1 Å². The number of hydrogen-bond donors (Lipinski definition) is 1. The summed E-state index contributed by atoms with van der Waals surface area (Å²) in [5, 5.41) is 7.86. The summed E-state index contributed by atoms with van der Waals surface area (Å²) in [7, 11) is 0. The first-order valence-corrected chi connectivity index (χ1v) is 12.7. The summed E-state index contributed by atoms with van der Waals surface area (Å²) >= 11 is 0. The number of nitrogen functional groups attached to an aromatic ring is 1. The summed E-state index contributed by atoms with van der Waals surface area (Å²) < 4.78 is 80.3. The molecular weight excluding hydrogens is 549 g/mol. The largest absolute Gasteiger partial charge is 0.488 e. The van der Waals surface area contributed by atoms with Crippen molar-refractivity contribution in [1.29, 1.82) is 0 Å². The standard InChI is InChI=1S/C27H26F5N7O2/c1-5-6-16-9-17-10-37-7-8-38(26(40)39-14(3)35-36-15(39)4)11-18(37)12-41-24(17)22(29)19(16)23-20(27(30,31)32)13(2)21(28)25(33)34-23/h9,18H,7-8,10-12H2,1-4H3,(H2,33,34)/t18-/m1/s1. The lowest BCUT2D eigenvalue weighted by atomic mass is 9.94. The van der Waals surface area contributed by atoms with E-state index in [2.05, 4.69) is 27.0 Å². The third-order valence-electron chi connectivity index (χ3n) is 7.32. The number of carbonyl (C=O) groups excluding carboxylic acids is 1. The van der Waals surface area contributed by atoms with E-state index in [0.717, 1.165) is 6.92 Å². The van der Waals surface area contributed by atoms with Crippen LogP contribution in [0, 0.1) is 44.2 Å². The fourth-order valence-corrected chi connectivity index (χ4v) is 5.37. The van der Waals surface area contributed by atoms with E-state index in [0.29, 0.717) is 30.3 Å². The van der Waals surface area contributed by atoms with Gasteiger partial charge in [-0.05, 0) is 33.8 Å². The molecule has 1 atom stereocenters. The number of ether oxygens (including phenoxy) is 1. The van der Waals surface area contributed by atoms with Crippen molar-refractivity contribution in [2.75, 3.05) is 32.0 Å². The number of anilines is 1. The number of nitrogens with two attached hydrogens (primary N) is 1. The zero-order valence-corrected chi connectivity index (χ0v) is 22.7. The van der Waals surface area contributed by atoms with E-state index in [4.69, 9.17) is 10.5 Å². The van der Waals surface area contributed by atoms with Gasteiger partial charge in [0.2, 0.25) is 0 Å². The van der Waals surface area contributed by atoms with Gasteiger partial charge in [-0.3, -0.25) is 4.90 Å². The van der Waals surface area contributed by atoms with Gasteiger partial charge in [-0.15, -0.1) is 16.1 Å². The number of fused-ring (bicyclic) bond motifs is 2. The number of piperazine rings is 1. The van der Waals surface area contributed by atoms with Gasteiger partial charge in [0, 0.05) is 42.9 Å². The molecule has 14 heteroatoms. The van der Waals surface area contributed by atoms with E-state index in [1.807, 2.05) is 4.90 Å². The number of benzene rings is 1. The molecule has 2 aliphatic rings. The summed E-state index contributed by atoms with van der Waals surface area (Å²) in [6.45, 7) is 6.93. The van der Waals surface area contributed by atoms with E-state index in [1.165, 1.54) is 17.6 Å². The van der Waals surface area contributed by atoms with Crippen molar-refractivity contribution in [1.82, 2.24) is 29.5 Å². The average Bonchev–Trinajstić information content (AvgIpc) is 3.12. The molecule has 1 fully saturated rings. The Morgan fingerprint density at radius 1 is 1.12 bits per heavy atom. The van der Waals surface area contributed by atoms with Crippen molar-refractivity contribution in [3.05, 3.63) is 51.6 Å². The van der Waals surface area contributed by atoms with Crippen LogP contribution in [-0.4, -0.2) is 67.9 Å². The number of aromatic nitrogens is 4. The molecule has 5 rings (SSSR count). The number of halogens is 5. The number of pyridine rings is 1. The van der Waals surface area contributed by atoms with Crippen LogP contribution in [0.5, 0.6) is 5.75 Å². The van der Waals surface area contributed by atoms with Crippen LogP contribution < -0.4 is 10.5 Å². The molecule has 41 heavy (non-hydrogen) atoms. The van der Waals surface area contributed by atoms with Gasteiger partial charge in [0.15, 0.2) is 23.2 Å². The first-order valence-electron chi connectivity index (χ1n) is 12.7. The molecule has 1 saturated heterocycles. The molecule has 1 aromatic carbocycles. The second-order valence-corrected chi connectivity index (χ2v) is 9.93. The van der Waals surface area contributed by atoms with Gasteiger partial charge in [-0.2, -0.15) is 13.2 Å². The SMILES string of the molecule is CC#Cc1cc2c(c(F)c1-c1nc(N)c(F)c(C)c1C(F)(F)F)OC[C@H]1CN(C(=O)n3c(C)nnc3C)CCN1C2. The molecular formula is C27H26F5N7O2. The number of rotatable bonds is 1. The third kappa shape index (κ3) is 4.84. The van der Waals surface area contributed by atoms with E-state index in [1.54, 1.807) is 18.7 Å². The van der Waals surface area contributed by atoms with Crippen molar-refractivity contribution in [2.45, 2.75) is 46.5 Å². The zero-order valence-electron chi connectivity index (χ0n) is 22.7. The molecule has 2 N–H and O–H groups in total. The van der Waals surface area contributed by atoms with Gasteiger partial charge in [0.25, 0.3) is 0 Å². The minimum Gasteiger partial charge on any atom is -0.488 e. The first-order chi connectivity index (χ1) is 19.3. The highest BCUT2D eigenvalue weighted by Crippen LogP contribution is 2.44. The van der Waals surface area contributed by atoms with Gasteiger partial charge in [0.05, 0.1) is 22.9 Å². The zero-order chi connectivity index (χ0) is 29.8. The normalized spacial score (nSPS) is 17.2. The molecule has 2 aliphatic heterocycles. The minimum atomic E-state index is -5.06. The number of hydrogen-bond acceptors (Lipinski definition) is 7. The molecule has 0 bridgehead atoms. The molecule has 216 valence electrons. The average molecular weight is 576 g/mol. The number of alkyl halides is 3. The second-order valence-electron chi connectivity index (χ2n) is 9.93. The summed E-state index contributed by atoms with van der Waals surface area (Å²) in [6, 6.07) is 0.828.